The van der Waals surface area contributed by atoms with Crippen molar-refractivity contribution in [2.45, 2.75) is 19.6 Å². The van der Waals surface area contributed by atoms with E-state index in [1.807, 2.05) is 0 Å². The number of carbonyl (C=O) groups excluding carboxylic acids is 1. The van der Waals surface area contributed by atoms with E-state index < -0.39 is 13.8 Å². The Morgan fingerprint density at radius 1 is 1.62 bits per heavy atom. The Morgan fingerprint density at radius 3 is 2.31 bits per heavy atom. The summed E-state index contributed by atoms with van der Waals surface area (Å²) in [6.07, 6.45) is 1.13. The van der Waals surface area contributed by atoms with Gasteiger partial charge in [0.1, 0.15) is 0 Å². The van der Waals surface area contributed by atoms with Crippen LogP contribution in [0, 0.1) is 5.92 Å². The van der Waals surface area contributed by atoms with Crippen molar-refractivity contribution in [2.75, 3.05) is 7.05 Å². The molecule has 0 radical (unpaired) electrons. The zero-order valence-electron chi connectivity index (χ0n) is 8.10. The van der Waals surface area contributed by atoms with Gasteiger partial charge >= 0.3 is 8.03 Å². The molecule has 74 valence electrons. The van der Waals surface area contributed by atoms with Crippen LogP contribution in [0.2, 0.25) is 0 Å². The second kappa shape index (κ2) is 5.10. The van der Waals surface area contributed by atoms with Crippen molar-refractivity contribution in [1.29, 1.82) is 0 Å². The molecule has 0 aliphatic carbocycles. The van der Waals surface area contributed by atoms with Crippen molar-refractivity contribution < 1.29 is 14.3 Å². The van der Waals surface area contributed by atoms with Gasteiger partial charge in [0.05, 0.1) is 0 Å². The minimum Gasteiger partial charge on any atom is -0.296 e. The molecular formula is C8H15NO3P+. The number of nitrogens with zero attached hydrogens (tertiary/aromatic N) is 1. The molecule has 0 aromatic rings. The second-order valence-corrected chi connectivity index (χ2v) is 4.25. The third kappa shape index (κ3) is 3.25. The Balaban J connectivity index is 4.64. The molecule has 0 rings (SSSR count). The summed E-state index contributed by atoms with van der Waals surface area (Å²) in [7, 11) is -0.875. The summed E-state index contributed by atoms with van der Waals surface area (Å²) < 4.78 is 10.9. The van der Waals surface area contributed by atoms with Crippen molar-refractivity contribution in [3.05, 3.63) is 12.7 Å². The third-order valence-corrected chi connectivity index (χ3v) is 3.14. The number of likely N-dealkylation sites (N-methyl/N-ethyl adjacent to an activating group) is 1. The highest BCUT2D eigenvalue weighted by Crippen LogP contribution is 2.31. The molecule has 0 bridgehead atoms. The lowest BCUT2D eigenvalue weighted by molar-refractivity contribution is -0.126. The van der Waals surface area contributed by atoms with Crippen LogP contribution in [0.1, 0.15) is 13.8 Å². The van der Waals surface area contributed by atoms with Gasteiger partial charge in [-0.3, -0.25) is 9.69 Å². The van der Waals surface area contributed by atoms with Gasteiger partial charge in [0.2, 0.25) is 5.91 Å². The van der Waals surface area contributed by atoms with E-state index in [0.717, 1.165) is 6.08 Å². The average molecular weight is 204 g/mol. The molecule has 0 aliphatic heterocycles. The smallest absolute Gasteiger partial charge is 0.296 e. The largest absolute Gasteiger partial charge is 0.531 e. The number of rotatable bonds is 4. The van der Waals surface area contributed by atoms with Crippen LogP contribution in [0.15, 0.2) is 12.7 Å². The average Bonchev–Trinajstić information content (AvgIpc) is 2.01. The molecule has 0 fully saturated rings. The molecule has 2 atom stereocenters. The minimum atomic E-state index is -2.37. The summed E-state index contributed by atoms with van der Waals surface area (Å²) in [5.41, 5.74) is 0. The molecule has 5 heteroatoms. The molecule has 0 aliphatic rings. The summed E-state index contributed by atoms with van der Waals surface area (Å²) in [6, 6.07) is 0. The van der Waals surface area contributed by atoms with Gasteiger partial charge < -0.3 is 0 Å². The predicted octanol–water partition coefficient (Wildman–Crippen LogP) is 1.35. The SMILES string of the molecule is C=CC(=O)N(C)C(C(C)C)[P+](=O)O. The molecular weight excluding hydrogens is 189 g/mol. The molecule has 2 unspecified atom stereocenters. The zero-order valence-corrected chi connectivity index (χ0v) is 8.99. The highest BCUT2D eigenvalue weighted by atomic mass is 31.1. The van der Waals surface area contributed by atoms with Crippen LogP contribution in [0.3, 0.4) is 0 Å². The molecule has 1 N–H and O–H groups in total. The lowest BCUT2D eigenvalue weighted by Gasteiger charge is -2.19. The van der Waals surface area contributed by atoms with E-state index in [0.29, 0.717) is 0 Å². The standard InChI is InChI=1S/C8H14NO3P/c1-5-7(10)9(4)8(6(2)3)13(11)12/h5-6,8H,1H2,2-4H3/p+1. The van der Waals surface area contributed by atoms with Gasteiger partial charge in [-0.1, -0.05) is 20.4 Å². The molecule has 0 saturated heterocycles. The van der Waals surface area contributed by atoms with Crippen LogP contribution < -0.4 is 0 Å². The van der Waals surface area contributed by atoms with Gasteiger partial charge in [-0.15, -0.1) is 0 Å². The van der Waals surface area contributed by atoms with E-state index >= 15 is 0 Å². The highest BCUT2D eigenvalue weighted by molar-refractivity contribution is 7.38. The Hall–Kier alpha value is -0.730. The fraction of sp³-hybridized carbons (Fsp3) is 0.625. The van der Waals surface area contributed by atoms with Crippen LogP contribution in [-0.4, -0.2) is 28.5 Å². The van der Waals surface area contributed by atoms with Gasteiger partial charge in [-0.05, 0) is 10.6 Å². The quantitative estimate of drug-likeness (QED) is 0.555. The van der Waals surface area contributed by atoms with Crippen LogP contribution in [0.25, 0.3) is 0 Å². The second-order valence-electron chi connectivity index (χ2n) is 3.11. The summed E-state index contributed by atoms with van der Waals surface area (Å²) in [5, 5.41) is 0. The summed E-state index contributed by atoms with van der Waals surface area (Å²) >= 11 is 0. The first-order chi connectivity index (χ1) is 5.91. The molecule has 0 aromatic carbocycles. The Morgan fingerprint density at radius 2 is 2.08 bits per heavy atom. The first-order valence-corrected chi connectivity index (χ1v) is 5.24. The molecule has 4 nitrogen and oxygen atoms in total. The van der Waals surface area contributed by atoms with Crippen LogP contribution in [-0.2, 0) is 9.36 Å². The first kappa shape index (κ1) is 12.3. The van der Waals surface area contributed by atoms with Crippen molar-refractivity contribution in [1.82, 2.24) is 4.90 Å². The Bertz CT molecular complexity index is 227. The van der Waals surface area contributed by atoms with E-state index in [4.69, 9.17) is 4.89 Å². The normalized spacial score (nSPS) is 13.8. The molecule has 13 heavy (non-hydrogen) atoms. The molecule has 0 aromatic heterocycles. The lowest BCUT2D eigenvalue weighted by Crippen LogP contribution is -2.36. The number of hydrogen-bond acceptors (Lipinski definition) is 2. The summed E-state index contributed by atoms with van der Waals surface area (Å²) in [5.74, 6) is -1.03. The van der Waals surface area contributed by atoms with Crippen molar-refractivity contribution in [3.8, 4) is 0 Å². The van der Waals surface area contributed by atoms with Gasteiger partial charge in [-0.25, -0.2) is 0 Å². The molecule has 0 saturated carbocycles. The number of hydrogen-bond donors (Lipinski definition) is 1. The van der Waals surface area contributed by atoms with E-state index in [1.165, 1.54) is 11.9 Å². The van der Waals surface area contributed by atoms with E-state index in [2.05, 4.69) is 6.58 Å². The maximum absolute atomic E-state index is 11.1. The van der Waals surface area contributed by atoms with Gasteiger partial charge in [0, 0.05) is 13.0 Å². The maximum atomic E-state index is 11.1. The Labute approximate surface area is 79.1 Å². The van der Waals surface area contributed by atoms with Gasteiger partial charge in [0.25, 0.3) is 5.78 Å². The topological polar surface area (TPSA) is 57.6 Å². The Kier molecular flexibility index (Phi) is 4.81. The van der Waals surface area contributed by atoms with E-state index in [9.17, 15) is 9.36 Å². The highest BCUT2D eigenvalue weighted by Gasteiger charge is 2.38. The maximum Gasteiger partial charge on any atom is 0.531 e. The fourth-order valence-corrected chi connectivity index (χ4v) is 2.05. The summed E-state index contributed by atoms with van der Waals surface area (Å²) in [4.78, 5) is 21.4. The fourth-order valence-electron chi connectivity index (χ4n) is 1.12. The van der Waals surface area contributed by atoms with Gasteiger partial charge in [-0.2, -0.15) is 4.89 Å². The number of amides is 1. The van der Waals surface area contributed by atoms with Crippen LogP contribution >= 0.6 is 8.03 Å². The van der Waals surface area contributed by atoms with Gasteiger partial charge in [0.15, 0.2) is 0 Å². The van der Waals surface area contributed by atoms with Crippen LogP contribution in [0.4, 0.5) is 0 Å². The zero-order chi connectivity index (χ0) is 10.6. The predicted molar refractivity (Wildman–Crippen MR) is 51.4 cm³/mol. The van der Waals surface area contributed by atoms with Crippen molar-refractivity contribution in [3.63, 3.8) is 0 Å². The molecule has 0 heterocycles. The molecule has 1 amide bonds. The van der Waals surface area contributed by atoms with E-state index in [-0.39, 0.29) is 11.8 Å². The monoisotopic (exact) mass is 204 g/mol. The lowest BCUT2D eigenvalue weighted by atomic mass is 10.2. The first-order valence-electron chi connectivity index (χ1n) is 3.96. The van der Waals surface area contributed by atoms with Crippen molar-refractivity contribution in [2.24, 2.45) is 5.92 Å². The van der Waals surface area contributed by atoms with E-state index in [1.54, 1.807) is 13.8 Å². The minimum absolute atomic E-state index is 0.0532. The van der Waals surface area contributed by atoms with Crippen LogP contribution in [0.5, 0.6) is 0 Å². The molecule has 0 spiro atoms. The third-order valence-electron chi connectivity index (χ3n) is 1.74. The van der Waals surface area contributed by atoms with Crippen molar-refractivity contribution >= 4 is 13.9 Å². The summed E-state index contributed by atoms with van der Waals surface area (Å²) in [6.45, 7) is 6.90. The number of carbonyl (C=O) groups is 1.